The first kappa shape index (κ1) is 21.3. The molecule has 21 heavy (non-hydrogen) atoms. The van der Waals surface area contributed by atoms with Gasteiger partial charge in [0.1, 0.15) is 0 Å². The van der Waals surface area contributed by atoms with Crippen molar-refractivity contribution >= 4 is 41.7 Å². The molecule has 0 aromatic heterocycles. The number of hydrogen-bond donors (Lipinski definition) is 2. The number of likely N-dealkylation sites (tertiary alicyclic amines) is 1. The SMILES string of the molecule is CCCN1CCC(NC(=NC)NCC(C)(C)SC)CC1.I. The molecule has 0 saturated carbocycles. The van der Waals surface area contributed by atoms with Crippen molar-refractivity contribution in [3.8, 4) is 0 Å². The molecular formula is C15H33IN4S. The second-order valence-corrected chi connectivity index (χ2v) is 7.66. The first-order valence-electron chi connectivity index (χ1n) is 7.75. The van der Waals surface area contributed by atoms with Gasteiger partial charge in [0.25, 0.3) is 0 Å². The van der Waals surface area contributed by atoms with Crippen LogP contribution in [0.4, 0.5) is 0 Å². The van der Waals surface area contributed by atoms with Gasteiger partial charge in [0, 0.05) is 37.5 Å². The van der Waals surface area contributed by atoms with E-state index < -0.39 is 0 Å². The quantitative estimate of drug-likeness (QED) is 0.388. The average Bonchev–Trinajstić information content (AvgIpc) is 2.45. The molecule has 1 heterocycles. The van der Waals surface area contributed by atoms with E-state index in [1.807, 2.05) is 18.8 Å². The molecule has 0 aromatic carbocycles. The number of aliphatic imine (C=N–C) groups is 1. The predicted octanol–water partition coefficient (Wildman–Crippen LogP) is 2.79. The minimum absolute atomic E-state index is 0. The fourth-order valence-electron chi connectivity index (χ4n) is 2.37. The number of piperidine rings is 1. The summed E-state index contributed by atoms with van der Waals surface area (Å²) < 4.78 is 0.238. The number of nitrogens with one attached hydrogen (secondary N) is 2. The summed E-state index contributed by atoms with van der Waals surface area (Å²) in [5.74, 6) is 0.945. The highest BCUT2D eigenvalue weighted by Crippen LogP contribution is 2.19. The fraction of sp³-hybridized carbons (Fsp3) is 0.933. The maximum Gasteiger partial charge on any atom is 0.191 e. The second-order valence-electron chi connectivity index (χ2n) is 6.15. The van der Waals surface area contributed by atoms with Crippen LogP contribution < -0.4 is 10.6 Å². The lowest BCUT2D eigenvalue weighted by atomic mass is 10.1. The zero-order chi connectivity index (χ0) is 15.0. The molecule has 0 bridgehead atoms. The summed E-state index contributed by atoms with van der Waals surface area (Å²) in [6.45, 7) is 11.3. The van der Waals surface area contributed by atoms with Gasteiger partial charge in [-0.1, -0.05) is 6.92 Å². The second kappa shape index (κ2) is 10.9. The van der Waals surface area contributed by atoms with Crippen LogP contribution in [0.5, 0.6) is 0 Å². The van der Waals surface area contributed by atoms with Crippen LogP contribution in [0.25, 0.3) is 0 Å². The van der Waals surface area contributed by atoms with Crippen molar-refractivity contribution in [2.45, 2.75) is 50.8 Å². The number of guanidine groups is 1. The van der Waals surface area contributed by atoms with E-state index in [4.69, 9.17) is 0 Å². The molecule has 0 aliphatic carbocycles. The molecule has 1 saturated heterocycles. The van der Waals surface area contributed by atoms with Crippen LogP contribution in [0, 0.1) is 0 Å². The fourth-order valence-corrected chi connectivity index (χ4v) is 2.59. The summed E-state index contributed by atoms with van der Waals surface area (Å²) in [5, 5.41) is 7.02. The number of hydrogen-bond acceptors (Lipinski definition) is 3. The lowest BCUT2D eigenvalue weighted by Gasteiger charge is -2.33. The molecule has 1 aliphatic rings. The van der Waals surface area contributed by atoms with Crippen LogP contribution in [-0.4, -0.2) is 61.1 Å². The minimum atomic E-state index is 0. The highest BCUT2D eigenvalue weighted by atomic mass is 127. The smallest absolute Gasteiger partial charge is 0.191 e. The van der Waals surface area contributed by atoms with Gasteiger partial charge in [-0.25, -0.2) is 0 Å². The van der Waals surface area contributed by atoms with E-state index in [2.05, 4.69) is 47.6 Å². The summed E-state index contributed by atoms with van der Waals surface area (Å²) in [7, 11) is 1.85. The Labute approximate surface area is 152 Å². The van der Waals surface area contributed by atoms with Crippen molar-refractivity contribution in [3.63, 3.8) is 0 Å². The Morgan fingerprint density at radius 1 is 1.33 bits per heavy atom. The van der Waals surface area contributed by atoms with Crippen LogP contribution in [0.3, 0.4) is 0 Å². The third kappa shape index (κ3) is 8.50. The monoisotopic (exact) mass is 428 g/mol. The van der Waals surface area contributed by atoms with Gasteiger partial charge in [-0.05, 0) is 45.9 Å². The normalized spacial score (nSPS) is 18.2. The largest absolute Gasteiger partial charge is 0.355 e. The van der Waals surface area contributed by atoms with E-state index >= 15 is 0 Å². The molecule has 1 rings (SSSR count). The third-order valence-electron chi connectivity index (χ3n) is 3.93. The molecule has 0 radical (unpaired) electrons. The zero-order valence-corrected chi connectivity index (χ0v) is 17.4. The van der Waals surface area contributed by atoms with Crippen molar-refractivity contribution in [3.05, 3.63) is 0 Å². The van der Waals surface area contributed by atoms with Gasteiger partial charge in [-0.2, -0.15) is 11.8 Å². The molecule has 4 nitrogen and oxygen atoms in total. The van der Waals surface area contributed by atoms with E-state index in [1.54, 1.807) is 0 Å². The first-order chi connectivity index (χ1) is 9.50. The van der Waals surface area contributed by atoms with Crippen LogP contribution in [0.2, 0.25) is 0 Å². The molecule has 0 spiro atoms. The van der Waals surface area contributed by atoms with Crippen molar-refractivity contribution < 1.29 is 0 Å². The third-order valence-corrected chi connectivity index (χ3v) is 5.18. The molecule has 0 amide bonds. The van der Waals surface area contributed by atoms with Gasteiger partial charge < -0.3 is 15.5 Å². The first-order valence-corrected chi connectivity index (χ1v) is 8.98. The minimum Gasteiger partial charge on any atom is -0.355 e. The Bertz CT molecular complexity index is 302. The molecule has 0 aromatic rings. The van der Waals surface area contributed by atoms with Crippen molar-refractivity contribution in [1.29, 1.82) is 0 Å². The van der Waals surface area contributed by atoms with E-state index in [9.17, 15) is 0 Å². The summed E-state index contributed by atoms with van der Waals surface area (Å²) in [6, 6.07) is 0.562. The van der Waals surface area contributed by atoms with Gasteiger partial charge in [0.15, 0.2) is 5.96 Å². The van der Waals surface area contributed by atoms with Gasteiger partial charge >= 0.3 is 0 Å². The lowest BCUT2D eigenvalue weighted by molar-refractivity contribution is 0.206. The summed E-state index contributed by atoms with van der Waals surface area (Å²) in [4.78, 5) is 6.91. The van der Waals surface area contributed by atoms with Crippen LogP contribution in [0.15, 0.2) is 4.99 Å². The van der Waals surface area contributed by atoms with E-state index in [-0.39, 0.29) is 28.7 Å². The molecular weight excluding hydrogens is 395 g/mol. The highest BCUT2D eigenvalue weighted by molar-refractivity contribution is 14.0. The molecule has 126 valence electrons. The van der Waals surface area contributed by atoms with E-state index in [1.165, 1.54) is 38.9 Å². The summed E-state index contributed by atoms with van der Waals surface area (Å²) in [6.07, 6.45) is 5.84. The van der Waals surface area contributed by atoms with E-state index in [0.29, 0.717) is 6.04 Å². The molecule has 0 unspecified atom stereocenters. The summed E-state index contributed by atoms with van der Waals surface area (Å²) >= 11 is 1.88. The average molecular weight is 428 g/mol. The number of halogens is 1. The maximum absolute atomic E-state index is 4.35. The Kier molecular flexibility index (Phi) is 11.1. The summed E-state index contributed by atoms with van der Waals surface area (Å²) in [5.41, 5.74) is 0. The topological polar surface area (TPSA) is 39.7 Å². The van der Waals surface area contributed by atoms with Crippen molar-refractivity contribution in [2.75, 3.05) is 39.5 Å². The van der Waals surface area contributed by atoms with Crippen LogP contribution in [-0.2, 0) is 0 Å². The Morgan fingerprint density at radius 3 is 2.43 bits per heavy atom. The molecule has 1 fully saturated rings. The van der Waals surface area contributed by atoms with Gasteiger partial charge in [0.05, 0.1) is 0 Å². The molecule has 0 atom stereocenters. The maximum atomic E-state index is 4.35. The number of thioether (sulfide) groups is 1. The van der Waals surface area contributed by atoms with Crippen molar-refractivity contribution in [1.82, 2.24) is 15.5 Å². The highest BCUT2D eigenvalue weighted by Gasteiger charge is 2.20. The van der Waals surface area contributed by atoms with Gasteiger partial charge in [0.2, 0.25) is 0 Å². The van der Waals surface area contributed by atoms with Gasteiger partial charge in [-0.15, -0.1) is 24.0 Å². The molecule has 2 N–H and O–H groups in total. The molecule has 1 aliphatic heterocycles. The zero-order valence-electron chi connectivity index (χ0n) is 14.2. The lowest BCUT2D eigenvalue weighted by Crippen LogP contribution is -2.50. The molecule has 6 heteroatoms. The van der Waals surface area contributed by atoms with Crippen LogP contribution >= 0.6 is 35.7 Å². The van der Waals surface area contributed by atoms with Crippen molar-refractivity contribution in [2.24, 2.45) is 4.99 Å². The Morgan fingerprint density at radius 2 is 1.95 bits per heavy atom. The standard InChI is InChI=1S/C15H32N4S.HI/c1-6-9-19-10-7-13(8-11-19)18-14(16-4)17-12-15(2,3)20-5;/h13H,6-12H2,1-5H3,(H2,16,17,18);1H. The predicted molar refractivity (Wildman–Crippen MR) is 107 cm³/mol. The Balaban J connectivity index is 0.00000400. The van der Waals surface area contributed by atoms with E-state index in [0.717, 1.165) is 12.5 Å². The number of nitrogens with zero attached hydrogens (tertiary/aromatic N) is 2. The van der Waals surface area contributed by atoms with Gasteiger partial charge in [-0.3, -0.25) is 4.99 Å². The number of rotatable bonds is 6. The van der Waals surface area contributed by atoms with Crippen LogP contribution in [0.1, 0.15) is 40.0 Å². The Hall–Kier alpha value is 0.310.